The minimum Gasteiger partial charge on any atom is -0.481 e. The van der Waals surface area contributed by atoms with Crippen LogP contribution in [0.1, 0.15) is 25.7 Å². The third-order valence-corrected chi connectivity index (χ3v) is 2.58. The zero-order chi connectivity index (χ0) is 9.47. The Morgan fingerprint density at radius 3 is 2.77 bits per heavy atom. The van der Waals surface area contributed by atoms with E-state index in [-0.39, 0.29) is 11.5 Å². The third kappa shape index (κ3) is 1.17. The quantitative estimate of drug-likeness (QED) is 0.710. The van der Waals surface area contributed by atoms with Gasteiger partial charge in [0.05, 0.1) is 5.70 Å². The number of aliphatic imine (C=N–C) groups is 1. The van der Waals surface area contributed by atoms with E-state index >= 15 is 0 Å². The summed E-state index contributed by atoms with van der Waals surface area (Å²) in [4.78, 5) is 14.7. The van der Waals surface area contributed by atoms with E-state index in [1.165, 1.54) is 0 Å². The van der Waals surface area contributed by atoms with Crippen LogP contribution in [0.3, 0.4) is 0 Å². The second-order valence-corrected chi connectivity index (χ2v) is 3.49. The molecular formula is C9H10FNO2. The largest absolute Gasteiger partial charge is 0.481 e. The van der Waals surface area contributed by atoms with E-state index in [2.05, 4.69) is 4.99 Å². The lowest BCUT2D eigenvalue weighted by Gasteiger charge is -2.14. The summed E-state index contributed by atoms with van der Waals surface area (Å²) >= 11 is 0. The van der Waals surface area contributed by atoms with Gasteiger partial charge in [0, 0.05) is 12.6 Å². The number of carboxylic acid groups (broad SMARTS) is 1. The van der Waals surface area contributed by atoms with Gasteiger partial charge in [0.15, 0.2) is 0 Å². The van der Waals surface area contributed by atoms with Crippen LogP contribution in [0.25, 0.3) is 0 Å². The van der Waals surface area contributed by atoms with Crippen LogP contribution in [0.15, 0.2) is 16.5 Å². The Balaban J connectivity index is 2.35. The summed E-state index contributed by atoms with van der Waals surface area (Å²) in [5, 5.41) is 8.90. The molecule has 0 bridgehead atoms. The molecule has 0 aromatic carbocycles. The molecule has 0 unspecified atom stereocenters. The van der Waals surface area contributed by atoms with E-state index in [1.54, 1.807) is 6.21 Å². The van der Waals surface area contributed by atoms with Crippen LogP contribution in [-0.4, -0.2) is 17.3 Å². The summed E-state index contributed by atoms with van der Waals surface area (Å²) < 4.78 is 13.2. The highest BCUT2D eigenvalue weighted by Crippen LogP contribution is 2.54. The molecule has 0 radical (unpaired) electrons. The Morgan fingerprint density at radius 2 is 2.31 bits per heavy atom. The number of hydrogen-bond donors (Lipinski definition) is 1. The average Bonchev–Trinajstić information content (AvgIpc) is 2.85. The van der Waals surface area contributed by atoms with Crippen LogP contribution in [0.2, 0.25) is 0 Å². The number of rotatable bonds is 2. The predicted octanol–water partition coefficient (Wildman–Crippen LogP) is 1.90. The lowest BCUT2D eigenvalue weighted by Crippen LogP contribution is -2.18. The van der Waals surface area contributed by atoms with Crippen LogP contribution in [0.4, 0.5) is 4.39 Å². The molecule has 0 atom stereocenters. The van der Waals surface area contributed by atoms with Crippen molar-refractivity contribution in [2.45, 2.75) is 25.7 Å². The van der Waals surface area contributed by atoms with Gasteiger partial charge >= 0.3 is 5.97 Å². The second-order valence-electron chi connectivity index (χ2n) is 3.49. The number of allylic oxidation sites excluding steroid dienone is 1. The van der Waals surface area contributed by atoms with Crippen molar-refractivity contribution in [3.05, 3.63) is 11.5 Å². The topological polar surface area (TPSA) is 49.7 Å². The SMILES string of the molecule is O=C(O)C1(C2=C(F)CCC=N2)CC1. The molecule has 1 heterocycles. The third-order valence-electron chi connectivity index (χ3n) is 2.58. The fourth-order valence-electron chi connectivity index (χ4n) is 1.60. The molecule has 13 heavy (non-hydrogen) atoms. The van der Waals surface area contributed by atoms with E-state index in [4.69, 9.17) is 5.11 Å². The van der Waals surface area contributed by atoms with Gasteiger partial charge in [0.25, 0.3) is 0 Å². The van der Waals surface area contributed by atoms with Crippen molar-refractivity contribution in [1.82, 2.24) is 0 Å². The van der Waals surface area contributed by atoms with E-state index in [9.17, 15) is 9.18 Å². The Kier molecular flexibility index (Phi) is 1.71. The number of nitrogens with zero attached hydrogens (tertiary/aromatic N) is 1. The van der Waals surface area contributed by atoms with E-state index < -0.39 is 11.4 Å². The van der Waals surface area contributed by atoms with Crippen molar-refractivity contribution in [3.8, 4) is 0 Å². The first-order valence-electron chi connectivity index (χ1n) is 4.32. The van der Waals surface area contributed by atoms with Gasteiger partial charge < -0.3 is 5.11 Å². The molecule has 1 saturated carbocycles. The molecule has 0 amide bonds. The van der Waals surface area contributed by atoms with Gasteiger partial charge in [-0.2, -0.15) is 0 Å². The van der Waals surface area contributed by atoms with Crippen LogP contribution in [-0.2, 0) is 4.79 Å². The van der Waals surface area contributed by atoms with Gasteiger partial charge in [-0.25, -0.2) is 4.39 Å². The number of halogens is 1. The van der Waals surface area contributed by atoms with Crippen molar-refractivity contribution >= 4 is 12.2 Å². The van der Waals surface area contributed by atoms with Crippen LogP contribution < -0.4 is 0 Å². The van der Waals surface area contributed by atoms with Crippen molar-refractivity contribution in [3.63, 3.8) is 0 Å². The lowest BCUT2D eigenvalue weighted by atomic mass is 9.99. The molecule has 0 aromatic heterocycles. The molecule has 1 fully saturated rings. The highest BCUT2D eigenvalue weighted by atomic mass is 19.1. The predicted molar refractivity (Wildman–Crippen MR) is 45.2 cm³/mol. The molecule has 1 N–H and O–H groups in total. The summed E-state index contributed by atoms with van der Waals surface area (Å²) in [6.45, 7) is 0. The Hall–Kier alpha value is -1.19. The summed E-state index contributed by atoms with van der Waals surface area (Å²) in [6.07, 6.45) is 3.51. The van der Waals surface area contributed by atoms with Gasteiger partial charge in [0.2, 0.25) is 0 Å². The van der Waals surface area contributed by atoms with Crippen LogP contribution >= 0.6 is 0 Å². The normalized spacial score (nSPS) is 24.7. The Labute approximate surface area is 75.0 Å². The maximum absolute atomic E-state index is 13.2. The standard InChI is InChI=1S/C9H10FNO2/c10-6-2-1-5-11-7(6)9(3-4-9)8(12)13/h5H,1-4H2,(H,12,13). The summed E-state index contributed by atoms with van der Waals surface area (Å²) in [6, 6.07) is 0. The van der Waals surface area contributed by atoms with Crippen molar-refractivity contribution in [2.75, 3.05) is 0 Å². The minimum absolute atomic E-state index is 0.159. The van der Waals surface area contributed by atoms with E-state index in [1.807, 2.05) is 0 Å². The van der Waals surface area contributed by atoms with E-state index in [0.29, 0.717) is 25.7 Å². The van der Waals surface area contributed by atoms with Gasteiger partial charge in [-0.1, -0.05) is 0 Å². The average molecular weight is 183 g/mol. The first kappa shape index (κ1) is 8.41. The molecule has 0 spiro atoms. The molecule has 1 aliphatic carbocycles. The zero-order valence-corrected chi connectivity index (χ0v) is 7.09. The lowest BCUT2D eigenvalue weighted by molar-refractivity contribution is -0.141. The molecular weight excluding hydrogens is 173 g/mol. The summed E-state index contributed by atoms with van der Waals surface area (Å²) in [7, 11) is 0. The van der Waals surface area contributed by atoms with Crippen molar-refractivity contribution in [2.24, 2.45) is 10.4 Å². The molecule has 0 saturated heterocycles. The molecule has 2 rings (SSSR count). The van der Waals surface area contributed by atoms with Gasteiger partial charge in [-0.15, -0.1) is 0 Å². The van der Waals surface area contributed by atoms with Crippen LogP contribution in [0, 0.1) is 5.41 Å². The number of aliphatic carboxylic acids is 1. The molecule has 2 aliphatic rings. The number of carboxylic acids is 1. The van der Waals surface area contributed by atoms with Crippen molar-refractivity contribution < 1.29 is 14.3 Å². The molecule has 3 nitrogen and oxygen atoms in total. The summed E-state index contributed by atoms with van der Waals surface area (Å²) in [5.74, 6) is -1.29. The molecule has 70 valence electrons. The number of hydrogen-bond acceptors (Lipinski definition) is 2. The maximum atomic E-state index is 13.2. The minimum atomic E-state index is -0.985. The summed E-state index contributed by atoms with van der Waals surface area (Å²) in [5.41, 5.74) is -0.827. The van der Waals surface area contributed by atoms with Gasteiger partial charge in [-0.3, -0.25) is 9.79 Å². The first-order valence-corrected chi connectivity index (χ1v) is 4.32. The maximum Gasteiger partial charge on any atom is 0.315 e. The molecule has 1 aliphatic heterocycles. The van der Waals surface area contributed by atoms with Gasteiger partial charge in [-0.05, 0) is 19.3 Å². The van der Waals surface area contributed by atoms with Crippen molar-refractivity contribution in [1.29, 1.82) is 0 Å². The monoisotopic (exact) mass is 183 g/mol. The highest BCUT2D eigenvalue weighted by Gasteiger charge is 2.55. The highest BCUT2D eigenvalue weighted by molar-refractivity contribution is 5.83. The fourth-order valence-corrected chi connectivity index (χ4v) is 1.60. The number of carbonyl (C=O) groups is 1. The van der Waals surface area contributed by atoms with Crippen LogP contribution in [0.5, 0.6) is 0 Å². The fraction of sp³-hybridized carbons (Fsp3) is 0.556. The molecule has 4 heteroatoms. The Morgan fingerprint density at radius 1 is 1.62 bits per heavy atom. The molecule has 0 aromatic rings. The smallest absolute Gasteiger partial charge is 0.315 e. The second kappa shape index (κ2) is 2.65. The van der Waals surface area contributed by atoms with Gasteiger partial charge in [0.1, 0.15) is 11.2 Å². The zero-order valence-electron chi connectivity index (χ0n) is 7.09. The first-order chi connectivity index (χ1) is 6.17. The Bertz CT molecular complexity index is 316. The van der Waals surface area contributed by atoms with E-state index in [0.717, 1.165) is 0 Å².